The van der Waals surface area contributed by atoms with E-state index in [9.17, 15) is 14.8 Å². The van der Waals surface area contributed by atoms with E-state index >= 15 is 0 Å². The maximum atomic E-state index is 12.1. The summed E-state index contributed by atoms with van der Waals surface area (Å²) in [7, 11) is 0. The number of rotatable bonds is 6. The third-order valence-corrected chi connectivity index (χ3v) is 3.63. The first-order chi connectivity index (χ1) is 11.6. The molecule has 0 aliphatic carbocycles. The number of hydrogen-bond acceptors (Lipinski definition) is 4. The number of pyridine rings is 1. The number of aromatic nitrogens is 1. The molecular weight excluding hydrogens is 308 g/mol. The van der Waals surface area contributed by atoms with Gasteiger partial charge in [-0.15, -0.1) is 0 Å². The minimum Gasteiger partial charge on any atom is -0.618 e. The van der Waals surface area contributed by atoms with Crippen LogP contribution in [0.3, 0.4) is 0 Å². The molecule has 24 heavy (non-hydrogen) atoms. The van der Waals surface area contributed by atoms with Crippen LogP contribution in [0.2, 0.25) is 0 Å². The van der Waals surface area contributed by atoms with Crippen LogP contribution in [0, 0.1) is 5.21 Å². The van der Waals surface area contributed by atoms with Crippen LogP contribution >= 0.6 is 0 Å². The molecule has 0 saturated carbocycles. The first-order valence-electron chi connectivity index (χ1n) is 7.82. The third kappa shape index (κ3) is 4.10. The lowest BCUT2D eigenvalue weighted by Gasteiger charge is -2.14. The lowest BCUT2D eigenvalue weighted by Crippen LogP contribution is -2.35. The minimum atomic E-state index is -0.833. The van der Waals surface area contributed by atoms with E-state index in [4.69, 9.17) is 4.74 Å². The zero-order valence-electron chi connectivity index (χ0n) is 13.7. The highest BCUT2D eigenvalue weighted by atomic mass is 16.5. The van der Waals surface area contributed by atoms with Gasteiger partial charge in [0.1, 0.15) is 0 Å². The van der Waals surface area contributed by atoms with Crippen molar-refractivity contribution in [2.45, 2.75) is 26.7 Å². The Bertz CT molecular complexity index is 721. The van der Waals surface area contributed by atoms with E-state index in [1.54, 1.807) is 6.07 Å². The van der Waals surface area contributed by atoms with Gasteiger partial charge in [-0.25, -0.2) is 4.79 Å². The van der Waals surface area contributed by atoms with E-state index in [1.165, 1.54) is 18.3 Å². The van der Waals surface area contributed by atoms with Crippen LogP contribution in [0.25, 0.3) is 0 Å². The van der Waals surface area contributed by atoms with Crippen molar-refractivity contribution in [3.8, 4) is 0 Å². The van der Waals surface area contributed by atoms with Crippen LogP contribution in [-0.4, -0.2) is 18.5 Å². The van der Waals surface area contributed by atoms with Gasteiger partial charge in [0.2, 0.25) is 0 Å². The Hall–Kier alpha value is -2.89. The molecule has 1 aromatic heterocycles. The largest absolute Gasteiger partial charge is 0.618 e. The number of carbonyl (C=O) groups excluding carboxylic acids is 2. The van der Waals surface area contributed by atoms with Gasteiger partial charge in [-0.2, -0.15) is 4.73 Å². The van der Waals surface area contributed by atoms with Crippen LogP contribution in [0.4, 0.5) is 5.69 Å². The fourth-order valence-electron chi connectivity index (χ4n) is 2.37. The number of nitrogens with one attached hydrogen (secondary N) is 1. The molecule has 0 spiro atoms. The number of carbonyl (C=O) groups is 2. The Morgan fingerprint density at radius 1 is 1.08 bits per heavy atom. The number of hydrogen-bond donors (Lipinski definition) is 1. The fraction of sp³-hybridized carbons (Fsp3) is 0.278. The van der Waals surface area contributed by atoms with Crippen molar-refractivity contribution in [2.75, 3.05) is 11.9 Å². The predicted octanol–water partition coefficient (Wildman–Crippen LogP) is 2.24. The molecule has 6 heteroatoms. The van der Waals surface area contributed by atoms with E-state index < -0.39 is 18.5 Å². The zero-order valence-corrected chi connectivity index (χ0v) is 13.7. The Morgan fingerprint density at radius 2 is 1.75 bits per heavy atom. The first-order valence-corrected chi connectivity index (χ1v) is 7.82. The van der Waals surface area contributed by atoms with Gasteiger partial charge in [0.15, 0.2) is 12.8 Å². The molecule has 0 radical (unpaired) electrons. The van der Waals surface area contributed by atoms with Gasteiger partial charge in [0, 0.05) is 17.8 Å². The number of para-hydroxylation sites is 1. The summed E-state index contributed by atoms with van der Waals surface area (Å²) in [6, 6.07) is 10.3. The van der Waals surface area contributed by atoms with Crippen LogP contribution in [-0.2, 0) is 22.4 Å². The molecule has 0 bridgehead atoms. The lowest BCUT2D eigenvalue weighted by molar-refractivity contribution is -0.608. The van der Waals surface area contributed by atoms with Gasteiger partial charge in [0.25, 0.3) is 5.91 Å². The van der Waals surface area contributed by atoms with Crippen LogP contribution < -0.4 is 10.0 Å². The molecule has 2 aromatic rings. The van der Waals surface area contributed by atoms with Gasteiger partial charge in [-0.1, -0.05) is 32.0 Å². The summed E-state index contributed by atoms with van der Waals surface area (Å²) in [5, 5.41) is 14.3. The molecular formula is C18H20N2O4. The molecule has 0 aliphatic rings. The summed E-state index contributed by atoms with van der Waals surface area (Å²) in [4.78, 5) is 23.9. The maximum absolute atomic E-state index is 12.1. The molecule has 1 aromatic carbocycles. The second kappa shape index (κ2) is 8.10. The highest BCUT2D eigenvalue weighted by Crippen LogP contribution is 2.22. The van der Waals surface area contributed by atoms with E-state index in [2.05, 4.69) is 5.32 Å². The first kappa shape index (κ1) is 17.5. The van der Waals surface area contributed by atoms with E-state index in [0.29, 0.717) is 4.73 Å². The molecule has 2 rings (SSSR count). The topological polar surface area (TPSA) is 82.3 Å². The Labute approximate surface area is 140 Å². The second-order valence-corrected chi connectivity index (χ2v) is 5.19. The highest BCUT2D eigenvalue weighted by molar-refractivity contribution is 5.95. The summed E-state index contributed by atoms with van der Waals surface area (Å²) >= 11 is 0. The van der Waals surface area contributed by atoms with Gasteiger partial charge in [-0.05, 0) is 30.0 Å². The van der Waals surface area contributed by atoms with Crippen molar-refractivity contribution in [1.29, 1.82) is 0 Å². The summed E-state index contributed by atoms with van der Waals surface area (Å²) in [6.45, 7) is 3.56. The summed E-state index contributed by atoms with van der Waals surface area (Å²) < 4.78 is 5.32. The molecule has 0 unspecified atom stereocenters. The van der Waals surface area contributed by atoms with Gasteiger partial charge in [0.05, 0.1) is 0 Å². The smallest absolute Gasteiger partial charge is 0.405 e. The molecule has 6 nitrogen and oxygen atoms in total. The van der Waals surface area contributed by atoms with Crippen molar-refractivity contribution >= 4 is 17.6 Å². The fourth-order valence-corrected chi connectivity index (χ4v) is 2.37. The zero-order chi connectivity index (χ0) is 17.5. The predicted molar refractivity (Wildman–Crippen MR) is 89.5 cm³/mol. The van der Waals surface area contributed by atoms with Gasteiger partial charge >= 0.3 is 11.7 Å². The normalized spacial score (nSPS) is 10.2. The van der Waals surface area contributed by atoms with Crippen molar-refractivity contribution < 1.29 is 19.1 Å². The molecule has 0 saturated heterocycles. The number of benzene rings is 1. The van der Waals surface area contributed by atoms with Crippen molar-refractivity contribution in [3.63, 3.8) is 0 Å². The molecule has 0 fully saturated rings. The van der Waals surface area contributed by atoms with E-state index in [-0.39, 0.29) is 5.69 Å². The summed E-state index contributed by atoms with van der Waals surface area (Å²) in [6.07, 6.45) is 2.76. The SMILES string of the molecule is CCc1cccc(CC)c1NC(=O)COC(=O)c1cccc[n+]1[O-]. The molecule has 0 aliphatic heterocycles. The number of ether oxygens (including phenoxy) is 1. The minimum absolute atomic E-state index is 0.159. The Morgan fingerprint density at radius 3 is 2.33 bits per heavy atom. The Kier molecular flexibility index (Phi) is 5.89. The molecule has 0 atom stereocenters. The standard InChI is InChI=1S/C18H20N2O4/c1-3-13-8-7-9-14(4-2)17(13)19-16(21)12-24-18(22)15-10-5-6-11-20(15)23/h5-11H,3-4,12H2,1-2H3,(H,19,21). The summed E-state index contributed by atoms with van der Waals surface area (Å²) in [5.41, 5.74) is 2.65. The quantitative estimate of drug-likeness (QED) is 0.501. The number of anilines is 1. The molecule has 1 amide bonds. The maximum Gasteiger partial charge on any atom is 0.405 e. The average Bonchev–Trinajstić information content (AvgIpc) is 2.60. The van der Waals surface area contributed by atoms with Crippen molar-refractivity contribution in [1.82, 2.24) is 0 Å². The van der Waals surface area contributed by atoms with Crippen LogP contribution in [0.1, 0.15) is 35.5 Å². The molecule has 126 valence electrons. The van der Waals surface area contributed by atoms with Gasteiger partial charge < -0.3 is 15.3 Å². The third-order valence-electron chi connectivity index (χ3n) is 3.63. The molecule has 1 N–H and O–H groups in total. The number of nitrogens with zero attached hydrogens (tertiary/aromatic N) is 1. The number of amides is 1. The highest BCUT2D eigenvalue weighted by Gasteiger charge is 2.18. The number of aryl methyl sites for hydroxylation is 2. The second-order valence-electron chi connectivity index (χ2n) is 5.19. The van der Waals surface area contributed by atoms with Gasteiger partial charge in [-0.3, -0.25) is 4.79 Å². The van der Waals surface area contributed by atoms with Crippen molar-refractivity contribution in [2.24, 2.45) is 0 Å². The average molecular weight is 328 g/mol. The summed E-state index contributed by atoms with van der Waals surface area (Å²) in [5.74, 6) is -1.27. The van der Waals surface area contributed by atoms with Crippen LogP contribution in [0.15, 0.2) is 42.6 Å². The van der Waals surface area contributed by atoms with Crippen molar-refractivity contribution in [3.05, 3.63) is 64.6 Å². The monoisotopic (exact) mass is 328 g/mol. The number of esters is 1. The Balaban J connectivity index is 2.02. The van der Waals surface area contributed by atoms with Crippen LogP contribution in [0.5, 0.6) is 0 Å². The lowest BCUT2D eigenvalue weighted by atomic mass is 10.0. The van der Waals surface area contributed by atoms with E-state index in [0.717, 1.165) is 29.7 Å². The van der Waals surface area contributed by atoms with E-state index in [1.807, 2.05) is 32.0 Å². The molecule has 1 heterocycles.